The lowest BCUT2D eigenvalue weighted by atomic mass is 10.1. The number of sulfone groups is 1. The number of benzene rings is 1. The van der Waals surface area contributed by atoms with Gasteiger partial charge in [-0.2, -0.15) is 0 Å². The second kappa shape index (κ2) is 5.34. The van der Waals surface area contributed by atoms with Crippen LogP contribution in [0, 0.1) is 5.82 Å². The summed E-state index contributed by atoms with van der Waals surface area (Å²) in [6.07, 6.45) is 1.19. The number of hydrogen-bond acceptors (Lipinski definition) is 2. The van der Waals surface area contributed by atoms with E-state index >= 15 is 0 Å². The average molecular weight is 285 g/mol. The zero-order valence-corrected chi connectivity index (χ0v) is 10.9. The second-order valence-corrected chi connectivity index (χ2v) is 6.80. The predicted molar refractivity (Wildman–Crippen MR) is 64.5 cm³/mol. The first kappa shape index (κ1) is 13.7. The Morgan fingerprint density at radius 1 is 1.44 bits per heavy atom. The van der Waals surface area contributed by atoms with Crippen molar-refractivity contribution < 1.29 is 12.8 Å². The summed E-state index contributed by atoms with van der Waals surface area (Å²) in [7, 11) is -3.17. The third-order valence-electron chi connectivity index (χ3n) is 1.97. The third-order valence-corrected chi connectivity index (χ3v) is 3.82. The Balaban J connectivity index is 2.81. The van der Waals surface area contributed by atoms with Gasteiger partial charge in [-0.25, -0.2) is 12.8 Å². The molecular formula is C10H11Cl2FO2S. The quantitative estimate of drug-likeness (QED) is 0.797. The van der Waals surface area contributed by atoms with Crippen LogP contribution in [0.4, 0.5) is 4.39 Å². The van der Waals surface area contributed by atoms with Crippen LogP contribution in [0.15, 0.2) is 18.2 Å². The van der Waals surface area contributed by atoms with Gasteiger partial charge in [0.05, 0.1) is 11.1 Å². The molecule has 16 heavy (non-hydrogen) atoms. The van der Waals surface area contributed by atoms with Crippen molar-refractivity contribution in [3.8, 4) is 0 Å². The van der Waals surface area contributed by atoms with Gasteiger partial charge in [-0.3, -0.25) is 0 Å². The summed E-state index contributed by atoms with van der Waals surface area (Å²) in [5.41, 5.74) is 0.257. The molecule has 1 unspecified atom stereocenters. The Hall–Kier alpha value is -0.320. The molecule has 0 saturated carbocycles. The van der Waals surface area contributed by atoms with E-state index in [1.165, 1.54) is 12.1 Å². The van der Waals surface area contributed by atoms with Crippen LogP contribution in [0.25, 0.3) is 0 Å². The maximum atomic E-state index is 13.4. The van der Waals surface area contributed by atoms with Crippen molar-refractivity contribution in [2.45, 2.75) is 11.8 Å². The molecule has 0 aliphatic heterocycles. The van der Waals surface area contributed by atoms with E-state index in [1.54, 1.807) is 6.07 Å². The normalized spacial score (nSPS) is 13.8. The van der Waals surface area contributed by atoms with Crippen LogP contribution in [-0.2, 0) is 16.3 Å². The van der Waals surface area contributed by atoms with Gasteiger partial charge in [0.15, 0.2) is 0 Å². The van der Waals surface area contributed by atoms with Gasteiger partial charge in [0.25, 0.3) is 0 Å². The van der Waals surface area contributed by atoms with Crippen molar-refractivity contribution in [1.29, 1.82) is 0 Å². The van der Waals surface area contributed by atoms with E-state index in [2.05, 4.69) is 0 Å². The Kier molecular flexibility index (Phi) is 4.59. The van der Waals surface area contributed by atoms with Gasteiger partial charge < -0.3 is 0 Å². The molecule has 0 fully saturated rings. The van der Waals surface area contributed by atoms with Gasteiger partial charge in [0.1, 0.15) is 15.7 Å². The highest BCUT2D eigenvalue weighted by molar-refractivity contribution is 7.90. The summed E-state index contributed by atoms with van der Waals surface area (Å²) in [4.78, 5) is 0. The fourth-order valence-electron chi connectivity index (χ4n) is 1.34. The Morgan fingerprint density at radius 3 is 2.56 bits per heavy atom. The van der Waals surface area contributed by atoms with Crippen molar-refractivity contribution >= 4 is 33.0 Å². The van der Waals surface area contributed by atoms with E-state index < -0.39 is 21.0 Å². The molecule has 0 heterocycles. The van der Waals surface area contributed by atoms with Gasteiger partial charge in [-0.15, -0.1) is 11.6 Å². The van der Waals surface area contributed by atoms with E-state index in [1.807, 2.05) is 0 Å². The van der Waals surface area contributed by atoms with Crippen LogP contribution in [0.5, 0.6) is 0 Å². The van der Waals surface area contributed by atoms with Crippen LogP contribution in [0.2, 0.25) is 5.02 Å². The highest BCUT2D eigenvalue weighted by Gasteiger charge is 2.17. The molecule has 90 valence electrons. The summed E-state index contributed by atoms with van der Waals surface area (Å²) in [5.74, 6) is -0.661. The van der Waals surface area contributed by atoms with Crippen LogP contribution in [-0.4, -0.2) is 25.8 Å². The first-order valence-electron chi connectivity index (χ1n) is 4.54. The summed E-state index contributed by atoms with van der Waals surface area (Å²) in [6.45, 7) is 0. The maximum absolute atomic E-state index is 13.4. The van der Waals surface area contributed by atoms with Crippen molar-refractivity contribution in [2.24, 2.45) is 0 Å². The van der Waals surface area contributed by atoms with Gasteiger partial charge in [-0.1, -0.05) is 17.7 Å². The summed E-state index contributed by atoms with van der Waals surface area (Å²) < 4.78 is 35.3. The molecule has 0 bridgehead atoms. The van der Waals surface area contributed by atoms with E-state index in [0.717, 1.165) is 6.26 Å². The fourth-order valence-corrected chi connectivity index (χ4v) is 3.19. The molecule has 1 rings (SSSR count). The molecule has 1 atom stereocenters. The molecule has 0 amide bonds. The SMILES string of the molecule is CS(=O)(=O)CC(Cl)Cc1c(F)cccc1Cl. The van der Waals surface area contributed by atoms with Crippen LogP contribution >= 0.6 is 23.2 Å². The standard InChI is InChI=1S/C10H11Cl2FO2S/c1-16(14,15)6-7(11)5-8-9(12)3-2-4-10(8)13/h2-4,7H,5-6H2,1H3. The molecule has 0 spiro atoms. The molecular weight excluding hydrogens is 274 g/mol. The number of halogens is 3. The second-order valence-electron chi connectivity index (χ2n) is 3.59. The minimum Gasteiger partial charge on any atom is -0.229 e. The molecule has 6 heteroatoms. The van der Waals surface area contributed by atoms with Crippen molar-refractivity contribution in [3.63, 3.8) is 0 Å². The van der Waals surface area contributed by atoms with Crippen molar-refractivity contribution in [2.75, 3.05) is 12.0 Å². The van der Waals surface area contributed by atoms with Gasteiger partial charge in [0, 0.05) is 16.8 Å². The Bertz CT molecular complexity index is 453. The van der Waals surface area contributed by atoms with E-state index in [-0.39, 0.29) is 22.8 Å². The molecule has 0 aliphatic carbocycles. The highest BCUT2D eigenvalue weighted by atomic mass is 35.5. The van der Waals surface area contributed by atoms with Crippen LogP contribution in [0.1, 0.15) is 5.56 Å². The van der Waals surface area contributed by atoms with Gasteiger partial charge in [-0.05, 0) is 18.6 Å². The lowest BCUT2D eigenvalue weighted by molar-refractivity contribution is 0.594. The summed E-state index contributed by atoms with van der Waals surface area (Å²) in [5, 5.41) is -0.413. The zero-order chi connectivity index (χ0) is 12.3. The lowest BCUT2D eigenvalue weighted by Gasteiger charge is -2.10. The molecule has 2 nitrogen and oxygen atoms in total. The number of hydrogen-bond donors (Lipinski definition) is 0. The smallest absolute Gasteiger partial charge is 0.148 e. The maximum Gasteiger partial charge on any atom is 0.148 e. The van der Waals surface area contributed by atoms with Gasteiger partial charge in [0.2, 0.25) is 0 Å². The van der Waals surface area contributed by atoms with Crippen LogP contribution in [0.3, 0.4) is 0 Å². The monoisotopic (exact) mass is 284 g/mol. The molecule has 1 aromatic carbocycles. The van der Waals surface area contributed by atoms with Crippen molar-refractivity contribution in [1.82, 2.24) is 0 Å². The highest BCUT2D eigenvalue weighted by Crippen LogP contribution is 2.22. The molecule has 0 saturated heterocycles. The minimum absolute atomic E-state index is 0.0974. The summed E-state index contributed by atoms with van der Waals surface area (Å²) in [6, 6.07) is 4.30. The third kappa shape index (κ3) is 4.28. The topological polar surface area (TPSA) is 34.1 Å². The minimum atomic E-state index is -3.17. The molecule has 0 N–H and O–H groups in total. The first-order valence-corrected chi connectivity index (χ1v) is 7.42. The van der Waals surface area contributed by atoms with E-state index in [9.17, 15) is 12.8 Å². The predicted octanol–water partition coefficient (Wildman–Crippen LogP) is 2.67. The molecule has 0 radical (unpaired) electrons. The van der Waals surface area contributed by atoms with E-state index in [0.29, 0.717) is 0 Å². The van der Waals surface area contributed by atoms with Crippen LogP contribution < -0.4 is 0 Å². The Labute approximate surface area is 104 Å². The van der Waals surface area contributed by atoms with Gasteiger partial charge >= 0.3 is 0 Å². The summed E-state index contributed by atoms with van der Waals surface area (Å²) >= 11 is 11.6. The number of rotatable bonds is 4. The van der Waals surface area contributed by atoms with E-state index in [4.69, 9.17) is 23.2 Å². The average Bonchev–Trinajstić information content (AvgIpc) is 2.08. The zero-order valence-electron chi connectivity index (χ0n) is 8.58. The van der Waals surface area contributed by atoms with Crippen molar-refractivity contribution in [3.05, 3.63) is 34.6 Å². The molecule has 0 aromatic heterocycles. The largest absolute Gasteiger partial charge is 0.229 e. The first-order chi connectivity index (χ1) is 7.29. The lowest BCUT2D eigenvalue weighted by Crippen LogP contribution is -2.17. The Morgan fingerprint density at radius 2 is 2.06 bits per heavy atom. The molecule has 0 aliphatic rings. The molecule has 1 aromatic rings. The fraction of sp³-hybridized carbons (Fsp3) is 0.400. The number of alkyl halides is 1.